The van der Waals surface area contributed by atoms with E-state index in [-0.39, 0.29) is 0 Å². The Kier molecular flexibility index (Phi) is 5.93. The van der Waals surface area contributed by atoms with Crippen molar-refractivity contribution >= 4 is 29.0 Å². The van der Waals surface area contributed by atoms with Crippen molar-refractivity contribution in [1.29, 1.82) is 0 Å². The molecule has 1 heterocycles. The van der Waals surface area contributed by atoms with E-state index < -0.39 is 0 Å². The van der Waals surface area contributed by atoms with E-state index in [2.05, 4.69) is 23.7 Å². The topological polar surface area (TPSA) is 16.1 Å². The average Bonchev–Trinajstić information content (AvgIpc) is 2.31. The highest BCUT2D eigenvalue weighted by molar-refractivity contribution is 6.33. The molecule has 0 radical (unpaired) electrons. The Hall–Kier alpha value is -0.470. The Labute approximate surface area is 108 Å². The van der Waals surface area contributed by atoms with Crippen molar-refractivity contribution in [3.8, 4) is 0 Å². The second-order valence-corrected chi connectivity index (χ2v) is 4.39. The summed E-state index contributed by atoms with van der Waals surface area (Å²) in [6, 6.07) is 1.89. The summed E-state index contributed by atoms with van der Waals surface area (Å²) in [4.78, 5) is 6.58. The summed E-state index contributed by atoms with van der Waals surface area (Å²) in [5, 5.41) is 0.691. The van der Waals surface area contributed by atoms with E-state index in [1.807, 2.05) is 6.07 Å². The van der Waals surface area contributed by atoms with Crippen LogP contribution in [0.4, 0.5) is 5.82 Å². The quantitative estimate of drug-likeness (QED) is 0.717. The van der Waals surface area contributed by atoms with Crippen LogP contribution >= 0.6 is 23.2 Å². The average molecular weight is 261 g/mol. The maximum atomic E-state index is 6.20. The van der Waals surface area contributed by atoms with Gasteiger partial charge in [0.05, 0.1) is 5.02 Å². The second kappa shape index (κ2) is 6.97. The molecular weight excluding hydrogens is 243 g/mol. The Balaban J connectivity index is 2.83. The lowest BCUT2D eigenvalue weighted by molar-refractivity contribution is 0.724. The first-order valence-corrected chi connectivity index (χ1v) is 6.59. The Morgan fingerprint density at radius 2 is 2.12 bits per heavy atom. The minimum Gasteiger partial charge on any atom is -0.356 e. The monoisotopic (exact) mass is 260 g/mol. The first-order chi connectivity index (χ1) is 7.72. The molecule has 0 aliphatic carbocycles. The molecular formula is C12H18Cl2N2. The Morgan fingerprint density at radius 3 is 2.62 bits per heavy atom. The lowest BCUT2D eigenvalue weighted by Crippen LogP contribution is -2.25. The van der Waals surface area contributed by atoms with E-state index in [9.17, 15) is 0 Å². The highest BCUT2D eigenvalue weighted by Crippen LogP contribution is 2.24. The summed E-state index contributed by atoms with van der Waals surface area (Å²) in [5.41, 5.74) is 0.960. The maximum absolute atomic E-state index is 6.20. The molecule has 16 heavy (non-hydrogen) atoms. The van der Waals surface area contributed by atoms with Crippen LogP contribution in [0, 0.1) is 0 Å². The van der Waals surface area contributed by atoms with Crippen LogP contribution in [-0.4, -0.2) is 18.1 Å². The van der Waals surface area contributed by atoms with Crippen LogP contribution in [0.5, 0.6) is 0 Å². The molecule has 1 aromatic heterocycles. The fraction of sp³-hybridized carbons (Fsp3) is 0.583. The number of alkyl halides is 1. The molecule has 90 valence electrons. The molecule has 4 heteroatoms. The lowest BCUT2D eigenvalue weighted by atomic mass is 10.3. The number of unbranched alkanes of at least 4 members (excludes halogenated alkanes) is 1. The Morgan fingerprint density at radius 1 is 1.38 bits per heavy atom. The number of pyridine rings is 1. The van der Waals surface area contributed by atoms with Crippen molar-refractivity contribution in [3.05, 3.63) is 22.8 Å². The van der Waals surface area contributed by atoms with Gasteiger partial charge < -0.3 is 4.90 Å². The largest absolute Gasteiger partial charge is 0.356 e. The van der Waals surface area contributed by atoms with Gasteiger partial charge in [-0.05, 0) is 25.0 Å². The summed E-state index contributed by atoms with van der Waals surface area (Å²) in [7, 11) is 0. The minimum atomic E-state index is 0.452. The van der Waals surface area contributed by atoms with Gasteiger partial charge in [0, 0.05) is 25.2 Å². The third-order valence-corrected chi connectivity index (χ3v) is 3.08. The van der Waals surface area contributed by atoms with Crippen molar-refractivity contribution in [3.63, 3.8) is 0 Å². The van der Waals surface area contributed by atoms with Crippen LogP contribution < -0.4 is 4.90 Å². The number of hydrogen-bond donors (Lipinski definition) is 0. The second-order valence-electron chi connectivity index (χ2n) is 3.72. The molecule has 0 amide bonds. The number of rotatable bonds is 6. The SMILES string of the molecule is CCCCN(CC)c1ncc(CCl)cc1Cl. The molecule has 1 aromatic rings. The van der Waals surface area contributed by atoms with Crippen molar-refractivity contribution < 1.29 is 0 Å². The summed E-state index contributed by atoms with van der Waals surface area (Å²) in [6.07, 6.45) is 4.12. The summed E-state index contributed by atoms with van der Waals surface area (Å²) in [5.74, 6) is 1.32. The fourth-order valence-corrected chi connectivity index (χ4v) is 1.99. The van der Waals surface area contributed by atoms with E-state index >= 15 is 0 Å². The van der Waals surface area contributed by atoms with E-state index in [1.165, 1.54) is 6.42 Å². The van der Waals surface area contributed by atoms with Gasteiger partial charge in [-0.2, -0.15) is 0 Å². The van der Waals surface area contributed by atoms with Gasteiger partial charge in [-0.3, -0.25) is 0 Å². The van der Waals surface area contributed by atoms with Crippen LogP contribution in [0.2, 0.25) is 5.02 Å². The molecule has 0 aromatic carbocycles. The summed E-state index contributed by atoms with van der Waals surface area (Å²) in [6.45, 7) is 6.22. The summed E-state index contributed by atoms with van der Waals surface area (Å²) >= 11 is 11.9. The van der Waals surface area contributed by atoms with Gasteiger partial charge in [0.1, 0.15) is 5.82 Å². The lowest BCUT2D eigenvalue weighted by Gasteiger charge is -2.22. The number of hydrogen-bond acceptors (Lipinski definition) is 2. The van der Waals surface area contributed by atoms with Gasteiger partial charge in [-0.1, -0.05) is 24.9 Å². The zero-order valence-electron chi connectivity index (χ0n) is 9.84. The molecule has 0 N–H and O–H groups in total. The standard InChI is InChI=1S/C12H18Cl2N2/c1-3-5-6-16(4-2)12-11(14)7-10(8-13)9-15-12/h7,9H,3-6,8H2,1-2H3. The van der Waals surface area contributed by atoms with Gasteiger partial charge in [0.15, 0.2) is 0 Å². The zero-order chi connectivity index (χ0) is 12.0. The fourth-order valence-electron chi connectivity index (χ4n) is 1.54. The van der Waals surface area contributed by atoms with E-state index in [4.69, 9.17) is 23.2 Å². The van der Waals surface area contributed by atoms with Crippen LogP contribution in [0.15, 0.2) is 12.3 Å². The predicted molar refractivity (Wildman–Crippen MR) is 71.6 cm³/mol. The molecule has 0 saturated carbocycles. The number of nitrogens with zero attached hydrogens (tertiary/aromatic N) is 2. The van der Waals surface area contributed by atoms with Gasteiger partial charge >= 0.3 is 0 Å². The van der Waals surface area contributed by atoms with E-state index in [0.29, 0.717) is 10.9 Å². The van der Waals surface area contributed by atoms with Crippen LogP contribution in [0.25, 0.3) is 0 Å². The van der Waals surface area contributed by atoms with Crippen molar-refractivity contribution in [2.45, 2.75) is 32.6 Å². The number of anilines is 1. The molecule has 0 aliphatic rings. The molecule has 0 bridgehead atoms. The molecule has 1 rings (SSSR count). The maximum Gasteiger partial charge on any atom is 0.147 e. The van der Waals surface area contributed by atoms with E-state index in [1.54, 1.807) is 6.20 Å². The van der Waals surface area contributed by atoms with Gasteiger partial charge in [-0.25, -0.2) is 4.98 Å². The third-order valence-electron chi connectivity index (χ3n) is 2.50. The first kappa shape index (κ1) is 13.6. The molecule has 0 unspecified atom stereocenters. The third kappa shape index (κ3) is 3.53. The first-order valence-electron chi connectivity index (χ1n) is 5.68. The van der Waals surface area contributed by atoms with E-state index in [0.717, 1.165) is 30.9 Å². The van der Waals surface area contributed by atoms with Gasteiger partial charge in [-0.15, -0.1) is 11.6 Å². The molecule has 2 nitrogen and oxygen atoms in total. The highest BCUT2D eigenvalue weighted by atomic mass is 35.5. The molecule has 0 aliphatic heterocycles. The molecule has 0 saturated heterocycles. The van der Waals surface area contributed by atoms with Gasteiger partial charge in [0.2, 0.25) is 0 Å². The highest BCUT2D eigenvalue weighted by Gasteiger charge is 2.10. The van der Waals surface area contributed by atoms with Crippen LogP contribution in [-0.2, 0) is 5.88 Å². The molecule has 0 atom stereocenters. The van der Waals surface area contributed by atoms with Crippen molar-refractivity contribution in [2.24, 2.45) is 0 Å². The predicted octanol–water partition coefficient (Wildman–Crippen LogP) is 4.10. The van der Waals surface area contributed by atoms with Crippen LogP contribution in [0.3, 0.4) is 0 Å². The molecule has 0 fully saturated rings. The zero-order valence-corrected chi connectivity index (χ0v) is 11.4. The smallest absolute Gasteiger partial charge is 0.147 e. The minimum absolute atomic E-state index is 0.452. The number of halogens is 2. The van der Waals surface area contributed by atoms with Gasteiger partial charge in [0.25, 0.3) is 0 Å². The molecule has 0 spiro atoms. The van der Waals surface area contributed by atoms with Crippen molar-refractivity contribution in [1.82, 2.24) is 4.98 Å². The summed E-state index contributed by atoms with van der Waals surface area (Å²) < 4.78 is 0. The Bertz CT molecular complexity index is 329. The van der Waals surface area contributed by atoms with Crippen molar-refractivity contribution in [2.75, 3.05) is 18.0 Å². The normalized spacial score (nSPS) is 10.5. The number of aromatic nitrogens is 1. The van der Waals surface area contributed by atoms with Crippen LogP contribution in [0.1, 0.15) is 32.3 Å².